The monoisotopic (exact) mass is 383 g/mol. The first kappa shape index (κ1) is 18.6. The molecule has 5 nitrogen and oxygen atoms in total. The van der Waals surface area contributed by atoms with Gasteiger partial charge >= 0.3 is 0 Å². The molecule has 0 radical (unpaired) electrons. The Balaban J connectivity index is 1.77. The summed E-state index contributed by atoms with van der Waals surface area (Å²) in [6.45, 7) is 0. The maximum Gasteiger partial charge on any atom is 0.266 e. The van der Waals surface area contributed by atoms with Crippen molar-refractivity contribution in [2.45, 2.75) is 12.0 Å². The molecule has 144 valence electrons. The van der Waals surface area contributed by atoms with Crippen molar-refractivity contribution in [1.29, 1.82) is 0 Å². The summed E-state index contributed by atoms with van der Waals surface area (Å²) in [4.78, 5) is 31.9. The van der Waals surface area contributed by atoms with Crippen LogP contribution in [0.5, 0.6) is 0 Å². The third-order valence-corrected chi connectivity index (χ3v) is 5.24. The van der Waals surface area contributed by atoms with Crippen molar-refractivity contribution in [3.05, 3.63) is 107 Å². The quantitative estimate of drug-likeness (QED) is 0.688. The molecule has 0 saturated heterocycles. The van der Waals surface area contributed by atoms with Gasteiger partial charge < -0.3 is 5.73 Å². The molecule has 1 amide bonds. The van der Waals surface area contributed by atoms with Gasteiger partial charge in [-0.1, -0.05) is 84.9 Å². The van der Waals surface area contributed by atoms with Gasteiger partial charge in [-0.25, -0.2) is 4.99 Å². The first-order valence-electron chi connectivity index (χ1n) is 9.39. The SMILES string of the molecule is CN1C(=O)C(c2ccccc2)(c2cccc(CC(=O)c3ccccc3)c2)N=C1N. The summed E-state index contributed by atoms with van der Waals surface area (Å²) in [6, 6.07) is 26.0. The highest BCUT2D eigenvalue weighted by Gasteiger charge is 2.49. The van der Waals surface area contributed by atoms with Crippen molar-refractivity contribution in [3.63, 3.8) is 0 Å². The van der Waals surface area contributed by atoms with Crippen LogP contribution in [0.25, 0.3) is 0 Å². The Hall–Kier alpha value is -3.73. The normalized spacial score (nSPS) is 18.6. The second-order valence-electron chi connectivity index (χ2n) is 7.08. The number of benzene rings is 3. The molecule has 3 aromatic rings. The Morgan fingerprint density at radius 1 is 0.931 bits per heavy atom. The summed E-state index contributed by atoms with van der Waals surface area (Å²) in [7, 11) is 1.62. The molecule has 1 aliphatic heterocycles. The van der Waals surface area contributed by atoms with Gasteiger partial charge in [0.25, 0.3) is 5.91 Å². The largest absolute Gasteiger partial charge is 0.369 e. The molecule has 4 rings (SSSR count). The smallest absolute Gasteiger partial charge is 0.266 e. The van der Waals surface area contributed by atoms with Crippen LogP contribution in [-0.2, 0) is 16.8 Å². The summed E-state index contributed by atoms with van der Waals surface area (Å²) in [5, 5.41) is 0. The number of Topliss-reactive ketones (excluding diaryl/α,β-unsaturated/α-hetero) is 1. The number of likely N-dealkylation sites (N-methyl/N-ethyl adjacent to an activating group) is 1. The Kier molecular flexibility index (Phi) is 4.72. The zero-order valence-electron chi connectivity index (χ0n) is 16.1. The number of hydrogen-bond acceptors (Lipinski definition) is 4. The number of carbonyl (C=O) groups is 2. The summed E-state index contributed by atoms with van der Waals surface area (Å²) < 4.78 is 0. The lowest BCUT2D eigenvalue weighted by Gasteiger charge is -2.26. The van der Waals surface area contributed by atoms with Crippen molar-refractivity contribution < 1.29 is 9.59 Å². The average Bonchev–Trinajstić information content (AvgIpc) is 3.00. The van der Waals surface area contributed by atoms with E-state index in [1.807, 2.05) is 72.8 Å². The van der Waals surface area contributed by atoms with Gasteiger partial charge in [0.05, 0.1) is 0 Å². The van der Waals surface area contributed by atoms with Crippen LogP contribution in [0.3, 0.4) is 0 Å². The fourth-order valence-electron chi connectivity index (χ4n) is 3.68. The van der Waals surface area contributed by atoms with E-state index in [9.17, 15) is 9.59 Å². The minimum absolute atomic E-state index is 0.0226. The third kappa shape index (κ3) is 3.21. The first-order valence-corrected chi connectivity index (χ1v) is 9.39. The van der Waals surface area contributed by atoms with E-state index in [2.05, 4.69) is 4.99 Å². The van der Waals surface area contributed by atoms with Gasteiger partial charge in [0.2, 0.25) is 0 Å². The molecule has 0 saturated carbocycles. The van der Waals surface area contributed by atoms with Crippen LogP contribution in [0.4, 0.5) is 0 Å². The highest BCUT2D eigenvalue weighted by atomic mass is 16.2. The molecule has 0 bridgehead atoms. The van der Waals surface area contributed by atoms with Crippen LogP contribution in [0, 0.1) is 0 Å². The number of ketones is 1. The van der Waals surface area contributed by atoms with E-state index in [1.165, 1.54) is 4.90 Å². The molecule has 1 unspecified atom stereocenters. The molecule has 1 heterocycles. The Labute approximate surface area is 169 Å². The summed E-state index contributed by atoms with van der Waals surface area (Å²) in [5.74, 6) is -0.0215. The van der Waals surface area contributed by atoms with E-state index in [0.717, 1.165) is 11.1 Å². The second kappa shape index (κ2) is 7.36. The highest BCUT2D eigenvalue weighted by molar-refractivity contribution is 6.09. The minimum atomic E-state index is -1.24. The number of nitrogens with two attached hydrogens (primary N) is 1. The van der Waals surface area contributed by atoms with Crippen LogP contribution in [-0.4, -0.2) is 29.6 Å². The van der Waals surface area contributed by atoms with Gasteiger partial charge in [-0.05, 0) is 16.7 Å². The fourth-order valence-corrected chi connectivity index (χ4v) is 3.68. The predicted octanol–water partition coefficient (Wildman–Crippen LogP) is 3.14. The van der Waals surface area contributed by atoms with E-state index in [4.69, 9.17) is 5.73 Å². The Bertz CT molecular complexity index is 1090. The van der Waals surface area contributed by atoms with Gasteiger partial charge in [-0.15, -0.1) is 0 Å². The number of guanidine groups is 1. The molecule has 0 aliphatic carbocycles. The topological polar surface area (TPSA) is 75.8 Å². The van der Waals surface area contributed by atoms with Crippen molar-refractivity contribution in [1.82, 2.24) is 4.90 Å². The number of aliphatic imine (C=N–C) groups is 1. The lowest BCUT2D eigenvalue weighted by molar-refractivity contribution is -0.129. The molecule has 2 N–H and O–H groups in total. The molecule has 1 atom stereocenters. The van der Waals surface area contributed by atoms with E-state index in [1.54, 1.807) is 19.2 Å². The number of amides is 1. The minimum Gasteiger partial charge on any atom is -0.369 e. The van der Waals surface area contributed by atoms with Crippen molar-refractivity contribution in [3.8, 4) is 0 Å². The third-order valence-electron chi connectivity index (χ3n) is 5.24. The number of carbonyl (C=O) groups excluding carboxylic acids is 2. The standard InChI is InChI=1S/C24H21N3O2/c1-27-22(29)24(26-23(27)25,19-12-6-3-7-13-19)20-14-8-9-17(15-20)16-21(28)18-10-4-2-5-11-18/h2-15H,16H2,1H3,(H2,25,26). The summed E-state index contributed by atoms with van der Waals surface area (Å²) in [6.07, 6.45) is 0.242. The van der Waals surface area contributed by atoms with E-state index >= 15 is 0 Å². The number of nitrogens with zero attached hydrogens (tertiary/aromatic N) is 2. The molecule has 0 spiro atoms. The fraction of sp³-hybridized carbons (Fsp3) is 0.125. The van der Waals surface area contributed by atoms with Crippen LogP contribution >= 0.6 is 0 Å². The van der Waals surface area contributed by atoms with Crippen LogP contribution in [0.1, 0.15) is 27.0 Å². The molecule has 1 aliphatic rings. The van der Waals surface area contributed by atoms with Crippen molar-refractivity contribution >= 4 is 17.6 Å². The van der Waals surface area contributed by atoms with Crippen LogP contribution < -0.4 is 5.73 Å². The van der Waals surface area contributed by atoms with Crippen molar-refractivity contribution in [2.24, 2.45) is 10.7 Å². The predicted molar refractivity (Wildman–Crippen MR) is 113 cm³/mol. The van der Waals surface area contributed by atoms with Gasteiger partial charge in [0.15, 0.2) is 17.3 Å². The van der Waals surface area contributed by atoms with Crippen LogP contribution in [0.15, 0.2) is 89.9 Å². The lowest BCUT2D eigenvalue weighted by Crippen LogP contribution is -2.41. The zero-order valence-corrected chi connectivity index (χ0v) is 16.1. The first-order chi connectivity index (χ1) is 14.0. The molecule has 0 fully saturated rings. The van der Waals surface area contributed by atoms with Gasteiger partial charge in [-0.2, -0.15) is 0 Å². The summed E-state index contributed by atoms with van der Waals surface area (Å²) >= 11 is 0. The van der Waals surface area contributed by atoms with Crippen LogP contribution in [0.2, 0.25) is 0 Å². The lowest BCUT2D eigenvalue weighted by atomic mass is 9.82. The number of hydrogen-bond donors (Lipinski definition) is 1. The van der Waals surface area contributed by atoms with E-state index < -0.39 is 5.54 Å². The Morgan fingerprint density at radius 3 is 2.17 bits per heavy atom. The maximum atomic E-state index is 13.3. The average molecular weight is 383 g/mol. The molecule has 5 heteroatoms. The highest BCUT2D eigenvalue weighted by Crippen LogP contribution is 2.39. The zero-order chi connectivity index (χ0) is 20.4. The molecular formula is C24H21N3O2. The molecular weight excluding hydrogens is 362 g/mol. The summed E-state index contributed by atoms with van der Waals surface area (Å²) in [5.41, 5.74) is 7.69. The molecule has 29 heavy (non-hydrogen) atoms. The Morgan fingerprint density at radius 2 is 1.55 bits per heavy atom. The molecule has 3 aromatic carbocycles. The van der Waals surface area contributed by atoms with Gasteiger partial charge in [0, 0.05) is 19.0 Å². The second-order valence-corrected chi connectivity index (χ2v) is 7.08. The van der Waals surface area contributed by atoms with Gasteiger partial charge in [0.1, 0.15) is 0 Å². The number of rotatable bonds is 5. The maximum absolute atomic E-state index is 13.3. The van der Waals surface area contributed by atoms with Gasteiger partial charge in [-0.3, -0.25) is 14.5 Å². The van der Waals surface area contributed by atoms with E-state index in [-0.39, 0.29) is 24.1 Å². The van der Waals surface area contributed by atoms with Crippen molar-refractivity contribution in [2.75, 3.05) is 7.05 Å². The molecule has 0 aromatic heterocycles. The van der Waals surface area contributed by atoms with E-state index in [0.29, 0.717) is 11.1 Å².